The molecule has 2 saturated heterocycles. The second-order valence-electron chi connectivity index (χ2n) is 6.74. The first kappa shape index (κ1) is 15.3. The summed E-state index contributed by atoms with van der Waals surface area (Å²) in [6, 6.07) is 2.99. The Balaban J connectivity index is 1.43. The van der Waals surface area contributed by atoms with Gasteiger partial charge in [0.2, 0.25) is 0 Å². The first-order valence-corrected chi connectivity index (χ1v) is 8.47. The molecule has 3 atom stereocenters. The van der Waals surface area contributed by atoms with Crippen molar-refractivity contribution in [2.45, 2.75) is 31.5 Å². The SMILES string of the molecule is CN1[C@H](Cn2cccn2)C[C@@H]2CN(C(=O)c3cnccn3)CC[C@@H]21. The number of rotatable bonds is 3. The molecule has 24 heavy (non-hydrogen) atoms. The van der Waals surface area contributed by atoms with Gasteiger partial charge in [-0.1, -0.05) is 0 Å². The summed E-state index contributed by atoms with van der Waals surface area (Å²) in [5.41, 5.74) is 0.440. The zero-order valence-electron chi connectivity index (χ0n) is 13.8. The lowest BCUT2D eigenvalue weighted by molar-refractivity contribution is 0.0601. The number of amides is 1. The molecule has 0 saturated carbocycles. The summed E-state index contributed by atoms with van der Waals surface area (Å²) in [6.07, 6.45) is 10.7. The highest BCUT2D eigenvalue weighted by atomic mass is 16.2. The number of hydrogen-bond donors (Lipinski definition) is 0. The van der Waals surface area contributed by atoms with Crippen molar-refractivity contribution < 1.29 is 4.79 Å². The molecule has 4 heterocycles. The third-order valence-corrected chi connectivity index (χ3v) is 5.39. The number of carbonyl (C=O) groups is 1. The van der Waals surface area contributed by atoms with E-state index in [1.165, 1.54) is 0 Å². The molecular weight excluding hydrogens is 304 g/mol. The van der Waals surface area contributed by atoms with Gasteiger partial charge in [-0.05, 0) is 31.9 Å². The Bertz CT molecular complexity index is 688. The summed E-state index contributed by atoms with van der Waals surface area (Å²) in [4.78, 5) is 25.2. The van der Waals surface area contributed by atoms with Gasteiger partial charge in [-0.3, -0.25) is 19.4 Å². The second-order valence-corrected chi connectivity index (χ2v) is 6.74. The van der Waals surface area contributed by atoms with Crippen LogP contribution in [0.25, 0.3) is 0 Å². The fraction of sp³-hybridized carbons (Fsp3) is 0.529. The Morgan fingerprint density at radius 1 is 1.33 bits per heavy atom. The van der Waals surface area contributed by atoms with Gasteiger partial charge >= 0.3 is 0 Å². The van der Waals surface area contributed by atoms with E-state index in [4.69, 9.17) is 0 Å². The van der Waals surface area contributed by atoms with Gasteiger partial charge in [-0.15, -0.1) is 0 Å². The fourth-order valence-electron chi connectivity index (χ4n) is 4.16. The number of fused-ring (bicyclic) bond motifs is 1. The van der Waals surface area contributed by atoms with Crippen LogP contribution >= 0.6 is 0 Å². The zero-order chi connectivity index (χ0) is 16.5. The molecule has 0 radical (unpaired) electrons. The van der Waals surface area contributed by atoms with Crippen LogP contribution in [0.1, 0.15) is 23.3 Å². The number of likely N-dealkylation sites (tertiary alicyclic amines) is 2. The minimum Gasteiger partial charge on any atom is -0.337 e. The van der Waals surface area contributed by atoms with E-state index in [9.17, 15) is 4.79 Å². The lowest BCUT2D eigenvalue weighted by Crippen LogP contribution is -2.48. The summed E-state index contributed by atoms with van der Waals surface area (Å²) in [7, 11) is 2.21. The number of likely N-dealkylation sites (N-methyl/N-ethyl adjacent to an activating group) is 1. The number of piperidine rings is 1. The summed E-state index contributed by atoms with van der Waals surface area (Å²) < 4.78 is 2.00. The number of aromatic nitrogens is 4. The quantitative estimate of drug-likeness (QED) is 0.839. The van der Waals surface area contributed by atoms with E-state index in [0.717, 1.165) is 32.5 Å². The van der Waals surface area contributed by atoms with Crippen molar-refractivity contribution in [1.82, 2.24) is 29.5 Å². The van der Waals surface area contributed by atoms with Crippen LogP contribution in [0.4, 0.5) is 0 Å². The predicted molar refractivity (Wildman–Crippen MR) is 88.2 cm³/mol. The van der Waals surface area contributed by atoms with Gasteiger partial charge in [0.15, 0.2) is 0 Å². The Kier molecular flexibility index (Phi) is 4.02. The Morgan fingerprint density at radius 2 is 2.25 bits per heavy atom. The van der Waals surface area contributed by atoms with Crippen molar-refractivity contribution in [3.05, 3.63) is 42.7 Å². The predicted octanol–water partition coefficient (Wildman–Crippen LogP) is 0.908. The molecule has 2 fully saturated rings. The van der Waals surface area contributed by atoms with Crippen molar-refractivity contribution in [1.29, 1.82) is 0 Å². The van der Waals surface area contributed by atoms with Crippen LogP contribution in [-0.2, 0) is 6.54 Å². The second kappa shape index (κ2) is 6.32. The summed E-state index contributed by atoms with van der Waals surface area (Å²) in [5, 5.41) is 4.32. The number of hydrogen-bond acceptors (Lipinski definition) is 5. The summed E-state index contributed by atoms with van der Waals surface area (Å²) in [5.74, 6) is 0.518. The minimum atomic E-state index is -0.000251. The van der Waals surface area contributed by atoms with Crippen molar-refractivity contribution in [3.8, 4) is 0 Å². The van der Waals surface area contributed by atoms with Crippen molar-refractivity contribution in [2.24, 2.45) is 5.92 Å². The monoisotopic (exact) mass is 326 g/mol. The van der Waals surface area contributed by atoms with Gasteiger partial charge in [0, 0.05) is 50.0 Å². The van der Waals surface area contributed by atoms with Gasteiger partial charge in [0.05, 0.1) is 12.7 Å². The highest BCUT2D eigenvalue weighted by Crippen LogP contribution is 2.35. The molecule has 2 aromatic heterocycles. The first-order chi connectivity index (χ1) is 11.7. The van der Waals surface area contributed by atoms with Gasteiger partial charge in [-0.2, -0.15) is 5.10 Å². The van der Waals surface area contributed by atoms with Crippen LogP contribution in [0, 0.1) is 5.92 Å². The van der Waals surface area contributed by atoms with E-state index in [2.05, 4.69) is 27.0 Å². The highest BCUT2D eigenvalue weighted by Gasteiger charge is 2.43. The molecule has 2 aliphatic heterocycles. The summed E-state index contributed by atoms with van der Waals surface area (Å²) in [6.45, 7) is 2.50. The van der Waals surface area contributed by atoms with Crippen molar-refractivity contribution in [3.63, 3.8) is 0 Å². The van der Waals surface area contributed by atoms with Gasteiger partial charge in [-0.25, -0.2) is 4.98 Å². The Labute approximate surface area is 141 Å². The molecule has 0 spiro atoms. The van der Waals surface area contributed by atoms with Crippen LogP contribution in [0.5, 0.6) is 0 Å². The number of carbonyl (C=O) groups excluding carboxylic acids is 1. The van der Waals surface area contributed by atoms with Crippen LogP contribution in [-0.4, -0.2) is 67.7 Å². The van der Waals surface area contributed by atoms with Gasteiger partial charge in [0.25, 0.3) is 5.91 Å². The third kappa shape index (κ3) is 2.80. The van der Waals surface area contributed by atoms with Crippen LogP contribution in [0.3, 0.4) is 0 Å². The average Bonchev–Trinajstić information content (AvgIpc) is 3.24. The molecule has 4 rings (SSSR count). The first-order valence-electron chi connectivity index (χ1n) is 8.47. The lowest BCUT2D eigenvalue weighted by atomic mass is 9.92. The molecule has 0 N–H and O–H groups in total. The van der Waals surface area contributed by atoms with Gasteiger partial charge < -0.3 is 4.90 Å². The molecule has 0 aliphatic carbocycles. The molecule has 2 aliphatic rings. The van der Waals surface area contributed by atoms with Crippen molar-refractivity contribution >= 4 is 5.91 Å². The van der Waals surface area contributed by atoms with Crippen LogP contribution in [0.15, 0.2) is 37.1 Å². The molecule has 7 heteroatoms. The van der Waals surface area contributed by atoms with Crippen LogP contribution in [0.2, 0.25) is 0 Å². The van der Waals surface area contributed by atoms with Crippen molar-refractivity contribution in [2.75, 3.05) is 20.1 Å². The maximum Gasteiger partial charge on any atom is 0.274 e. The molecule has 0 aromatic carbocycles. The van der Waals surface area contributed by atoms with E-state index in [1.54, 1.807) is 18.6 Å². The smallest absolute Gasteiger partial charge is 0.274 e. The molecular formula is C17H22N6O. The van der Waals surface area contributed by atoms with E-state index >= 15 is 0 Å². The van der Waals surface area contributed by atoms with Crippen LogP contribution < -0.4 is 0 Å². The maximum atomic E-state index is 12.6. The molecule has 0 bridgehead atoms. The largest absolute Gasteiger partial charge is 0.337 e. The normalized spacial score (nSPS) is 27.2. The highest BCUT2D eigenvalue weighted by molar-refractivity contribution is 5.92. The minimum absolute atomic E-state index is 0.000251. The molecule has 1 amide bonds. The van der Waals surface area contributed by atoms with E-state index in [1.807, 2.05) is 28.0 Å². The van der Waals surface area contributed by atoms with Gasteiger partial charge in [0.1, 0.15) is 5.69 Å². The maximum absolute atomic E-state index is 12.6. The standard InChI is InChI=1S/C17H22N6O/c1-21-14(12-23-7-2-4-20-23)9-13-11-22(8-3-16(13)21)17(24)15-10-18-5-6-19-15/h2,4-7,10,13-14,16H,3,8-9,11-12H2,1H3/t13-,14+,16+/m1/s1. The number of nitrogens with zero attached hydrogens (tertiary/aromatic N) is 6. The van der Waals surface area contributed by atoms with E-state index < -0.39 is 0 Å². The third-order valence-electron chi connectivity index (χ3n) is 5.39. The Morgan fingerprint density at radius 3 is 3.00 bits per heavy atom. The summed E-state index contributed by atoms with van der Waals surface area (Å²) >= 11 is 0. The lowest BCUT2D eigenvalue weighted by Gasteiger charge is -2.37. The average molecular weight is 326 g/mol. The zero-order valence-corrected chi connectivity index (χ0v) is 13.8. The molecule has 0 unspecified atom stereocenters. The molecule has 126 valence electrons. The van der Waals surface area contributed by atoms with E-state index in [0.29, 0.717) is 23.7 Å². The topological polar surface area (TPSA) is 67.2 Å². The molecule has 2 aromatic rings. The molecule has 7 nitrogen and oxygen atoms in total. The fourth-order valence-corrected chi connectivity index (χ4v) is 4.16. The Hall–Kier alpha value is -2.28. The van der Waals surface area contributed by atoms with E-state index in [-0.39, 0.29) is 5.91 Å².